The fourth-order valence-electron chi connectivity index (χ4n) is 1.83. The van der Waals surface area contributed by atoms with Gasteiger partial charge in [-0.15, -0.1) is 0 Å². The summed E-state index contributed by atoms with van der Waals surface area (Å²) in [6, 6.07) is 5.93. The maximum absolute atomic E-state index is 13.0. The van der Waals surface area contributed by atoms with E-state index in [0.29, 0.717) is 12.1 Å². The van der Waals surface area contributed by atoms with Gasteiger partial charge in [0.25, 0.3) is 0 Å². The van der Waals surface area contributed by atoms with Crippen molar-refractivity contribution in [3.8, 4) is 0 Å². The molecule has 0 fully saturated rings. The van der Waals surface area contributed by atoms with Crippen molar-refractivity contribution in [2.75, 3.05) is 0 Å². The molecule has 0 saturated carbocycles. The molecule has 0 aliphatic heterocycles. The normalized spacial score (nSPS) is 12.7. The Hall–Kier alpha value is -1.75. The van der Waals surface area contributed by atoms with E-state index in [9.17, 15) is 8.78 Å². The van der Waals surface area contributed by atoms with Gasteiger partial charge in [0.2, 0.25) is 0 Å². The standard InChI is InChI=1S/C13H15F2N3/c1-9(13-5-6-17-18(13)2)16-8-10-3-4-11(14)12(15)7-10/h3-7,9,16H,8H2,1-2H3. The van der Waals surface area contributed by atoms with Gasteiger partial charge in [0.15, 0.2) is 11.6 Å². The molecule has 3 nitrogen and oxygen atoms in total. The molecule has 0 bridgehead atoms. The first-order valence-electron chi connectivity index (χ1n) is 5.73. The van der Waals surface area contributed by atoms with E-state index >= 15 is 0 Å². The monoisotopic (exact) mass is 251 g/mol. The van der Waals surface area contributed by atoms with Crippen molar-refractivity contribution in [3.05, 3.63) is 53.4 Å². The number of halogens is 2. The van der Waals surface area contributed by atoms with Crippen LogP contribution in [-0.2, 0) is 13.6 Å². The van der Waals surface area contributed by atoms with E-state index in [1.165, 1.54) is 6.07 Å². The second kappa shape index (κ2) is 5.27. The summed E-state index contributed by atoms with van der Waals surface area (Å²) in [6.07, 6.45) is 1.73. The van der Waals surface area contributed by atoms with Crippen LogP contribution in [0.15, 0.2) is 30.5 Å². The highest BCUT2D eigenvalue weighted by Gasteiger charge is 2.09. The first-order valence-corrected chi connectivity index (χ1v) is 5.73. The van der Waals surface area contributed by atoms with Gasteiger partial charge in [0, 0.05) is 25.8 Å². The summed E-state index contributed by atoms with van der Waals surface area (Å²) in [6.45, 7) is 2.47. The summed E-state index contributed by atoms with van der Waals surface area (Å²) in [5, 5.41) is 7.32. The average molecular weight is 251 g/mol. The Morgan fingerprint density at radius 1 is 1.28 bits per heavy atom. The number of rotatable bonds is 4. The Kier molecular flexibility index (Phi) is 3.72. The van der Waals surface area contributed by atoms with Crippen LogP contribution in [0.2, 0.25) is 0 Å². The lowest BCUT2D eigenvalue weighted by Gasteiger charge is -2.14. The molecule has 96 valence electrons. The van der Waals surface area contributed by atoms with E-state index in [0.717, 1.165) is 11.8 Å². The maximum atomic E-state index is 13.0. The highest BCUT2D eigenvalue weighted by Crippen LogP contribution is 2.13. The highest BCUT2D eigenvalue weighted by atomic mass is 19.2. The van der Waals surface area contributed by atoms with Gasteiger partial charge in [-0.05, 0) is 30.7 Å². The summed E-state index contributed by atoms with van der Waals surface area (Å²) < 4.78 is 27.6. The molecule has 2 aromatic rings. The zero-order valence-corrected chi connectivity index (χ0v) is 10.3. The van der Waals surface area contributed by atoms with Crippen molar-refractivity contribution >= 4 is 0 Å². The number of benzene rings is 1. The number of hydrogen-bond acceptors (Lipinski definition) is 2. The zero-order chi connectivity index (χ0) is 13.1. The molecule has 2 rings (SSSR count). The minimum absolute atomic E-state index is 0.0885. The van der Waals surface area contributed by atoms with Gasteiger partial charge in [0.05, 0.1) is 5.69 Å². The molecule has 0 radical (unpaired) electrons. The number of nitrogens with one attached hydrogen (secondary N) is 1. The van der Waals surface area contributed by atoms with E-state index in [-0.39, 0.29) is 6.04 Å². The van der Waals surface area contributed by atoms with E-state index in [2.05, 4.69) is 10.4 Å². The Balaban J connectivity index is 1.99. The van der Waals surface area contributed by atoms with Crippen LogP contribution in [0.25, 0.3) is 0 Å². The minimum Gasteiger partial charge on any atom is -0.305 e. The summed E-state index contributed by atoms with van der Waals surface area (Å²) in [5.41, 5.74) is 1.75. The van der Waals surface area contributed by atoms with Gasteiger partial charge in [-0.1, -0.05) is 6.07 Å². The summed E-state index contributed by atoms with van der Waals surface area (Å²) in [4.78, 5) is 0. The van der Waals surface area contributed by atoms with Crippen molar-refractivity contribution in [2.24, 2.45) is 7.05 Å². The first kappa shape index (κ1) is 12.7. The first-order chi connectivity index (χ1) is 8.58. The molecule has 0 aliphatic rings. The number of aryl methyl sites for hydroxylation is 1. The Morgan fingerprint density at radius 2 is 2.06 bits per heavy atom. The zero-order valence-electron chi connectivity index (χ0n) is 10.3. The quantitative estimate of drug-likeness (QED) is 0.905. The molecule has 1 unspecified atom stereocenters. The maximum Gasteiger partial charge on any atom is 0.159 e. The van der Waals surface area contributed by atoms with Crippen LogP contribution in [0, 0.1) is 11.6 Å². The minimum atomic E-state index is -0.821. The van der Waals surface area contributed by atoms with Crippen LogP contribution in [0.5, 0.6) is 0 Å². The fourth-order valence-corrected chi connectivity index (χ4v) is 1.83. The average Bonchev–Trinajstić information content (AvgIpc) is 2.77. The highest BCUT2D eigenvalue weighted by molar-refractivity contribution is 5.18. The molecule has 1 aromatic carbocycles. The molecule has 1 atom stereocenters. The van der Waals surface area contributed by atoms with Crippen LogP contribution in [0.1, 0.15) is 24.2 Å². The summed E-state index contributed by atoms with van der Waals surface area (Å²) in [7, 11) is 1.87. The molecule has 0 saturated heterocycles. The van der Waals surface area contributed by atoms with Crippen LogP contribution in [-0.4, -0.2) is 9.78 Å². The van der Waals surface area contributed by atoms with Gasteiger partial charge in [-0.3, -0.25) is 4.68 Å². The third-order valence-corrected chi connectivity index (χ3v) is 2.90. The number of hydrogen-bond donors (Lipinski definition) is 1. The Labute approximate surface area is 104 Å². The molecular weight excluding hydrogens is 236 g/mol. The molecular formula is C13H15F2N3. The topological polar surface area (TPSA) is 29.9 Å². The molecule has 5 heteroatoms. The molecule has 0 spiro atoms. The lowest BCUT2D eigenvalue weighted by molar-refractivity contribution is 0.500. The molecule has 0 amide bonds. The number of aromatic nitrogens is 2. The van der Waals surface area contributed by atoms with E-state index in [1.807, 2.05) is 20.0 Å². The van der Waals surface area contributed by atoms with Crippen molar-refractivity contribution in [3.63, 3.8) is 0 Å². The fraction of sp³-hybridized carbons (Fsp3) is 0.308. The van der Waals surface area contributed by atoms with Gasteiger partial charge in [0.1, 0.15) is 0 Å². The van der Waals surface area contributed by atoms with Crippen LogP contribution in [0.3, 0.4) is 0 Å². The Bertz CT molecular complexity index is 537. The van der Waals surface area contributed by atoms with Crippen molar-refractivity contribution in [2.45, 2.75) is 19.5 Å². The van der Waals surface area contributed by atoms with E-state index in [4.69, 9.17) is 0 Å². The predicted molar refractivity (Wildman–Crippen MR) is 64.8 cm³/mol. The summed E-state index contributed by atoms with van der Waals surface area (Å²) >= 11 is 0. The Morgan fingerprint density at radius 3 is 2.67 bits per heavy atom. The van der Waals surface area contributed by atoms with E-state index < -0.39 is 11.6 Å². The second-order valence-electron chi connectivity index (χ2n) is 4.23. The van der Waals surface area contributed by atoms with Gasteiger partial charge in [-0.2, -0.15) is 5.10 Å². The van der Waals surface area contributed by atoms with Gasteiger partial charge >= 0.3 is 0 Å². The third-order valence-electron chi connectivity index (χ3n) is 2.90. The van der Waals surface area contributed by atoms with Crippen molar-refractivity contribution in [1.29, 1.82) is 0 Å². The van der Waals surface area contributed by atoms with Gasteiger partial charge < -0.3 is 5.32 Å². The second-order valence-corrected chi connectivity index (χ2v) is 4.23. The molecule has 1 N–H and O–H groups in total. The molecule has 1 heterocycles. The van der Waals surface area contributed by atoms with Crippen LogP contribution >= 0.6 is 0 Å². The summed E-state index contributed by atoms with van der Waals surface area (Å²) in [5.74, 6) is -1.64. The van der Waals surface area contributed by atoms with Crippen molar-refractivity contribution < 1.29 is 8.78 Å². The molecule has 18 heavy (non-hydrogen) atoms. The lowest BCUT2D eigenvalue weighted by atomic mass is 10.2. The third kappa shape index (κ3) is 2.73. The van der Waals surface area contributed by atoms with E-state index in [1.54, 1.807) is 16.9 Å². The number of nitrogens with zero attached hydrogens (tertiary/aromatic N) is 2. The lowest BCUT2D eigenvalue weighted by Crippen LogP contribution is -2.20. The van der Waals surface area contributed by atoms with Crippen LogP contribution < -0.4 is 5.32 Å². The van der Waals surface area contributed by atoms with Crippen molar-refractivity contribution in [1.82, 2.24) is 15.1 Å². The van der Waals surface area contributed by atoms with Gasteiger partial charge in [-0.25, -0.2) is 8.78 Å². The molecule has 1 aromatic heterocycles. The molecule has 0 aliphatic carbocycles. The smallest absolute Gasteiger partial charge is 0.159 e. The van der Waals surface area contributed by atoms with Crippen LogP contribution in [0.4, 0.5) is 8.78 Å². The SMILES string of the molecule is CC(NCc1ccc(F)c(F)c1)c1ccnn1C. The predicted octanol–water partition coefficient (Wildman–Crippen LogP) is 2.55. The largest absolute Gasteiger partial charge is 0.305 e.